The highest BCUT2D eigenvalue weighted by molar-refractivity contribution is 5.92. The predicted octanol–water partition coefficient (Wildman–Crippen LogP) is 3.34. The van der Waals surface area contributed by atoms with Crippen LogP contribution < -0.4 is 14.8 Å². The van der Waals surface area contributed by atoms with Crippen molar-refractivity contribution in [2.75, 3.05) is 39.2 Å². The van der Waals surface area contributed by atoms with Crippen LogP contribution in [0, 0.1) is 0 Å². The number of hydrogen-bond acceptors (Lipinski definition) is 6. The molecule has 0 spiro atoms. The minimum atomic E-state index is -0.382. The smallest absolute Gasteiger partial charge is 0.337 e. The highest BCUT2D eigenvalue weighted by atomic mass is 16.5. The molecule has 0 aliphatic rings. The third-order valence-corrected chi connectivity index (χ3v) is 4.04. The summed E-state index contributed by atoms with van der Waals surface area (Å²) in [5.41, 5.74) is 2.05. The fraction of sp³-hybridized carbons (Fsp3) is 0.364. The van der Waals surface area contributed by atoms with Crippen LogP contribution in [-0.4, -0.2) is 50.7 Å². The largest absolute Gasteiger partial charge is 0.490 e. The Morgan fingerprint density at radius 2 is 1.72 bits per heavy atom. The van der Waals surface area contributed by atoms with Gasteiger partial charge in [0.2, 0.25) is 5.91 Å². The molecule has 7 heteroatoms. The number of esters is 1. The van der Waals surface area contributed by atoms with Crippen molar-refractivity contribution in [3.05, 3.63) is 53.6 Å². The van der Waals surface area contributed by atoms with E-state index >= 15 is 0 Å². The lowest BCUT2D eigenvalue weighted by Crippen LogP contribution is -2.29. The second-order valence-corrected chi connectivity index (χ2v) is 6.44. The molecular formula is C22H28N2O5. The van der Waals surface area contributed by atoms with Gasteiger partial charge < -0.3 is 19.5 Å². The summed E-state index contributed by atoms with van der Waals surface area (Å²) in [5, 5.41) is 2.88. The number of likely N-dealkylation sites (N-methyl/N-ethyl adjacent to an activating group) is 1. The Hall–Kier alpha value is -3.06. The van der Waals surface area contributed by atoms with Gasteiger partial charge in [-0.05, 0) is 50.7 Å². The van der Waals surface area contributed by atoms with Crippen molar-refractivity contribution in [3.63, 3.8) is 0 Å². The van der Waals surface area contributed by atoms with Gasteiger partial charge in [0.15, 0.2) is 11.5 Å². The van der Waals surface area contributed by atoms with E-state index in [0.29, 0.717) is 42.5 Å². The lowest BCUT2D eigenvalue weighted by Gasteiger charge is -2.17. The molecule has 1 amide bonds. The van der Waals surface area contributed by atoms with Crippen molar-refractivity contribution in [2.45, 2.75) is 20.4 Å². The normalized spacial score (nSPS) is 10.5. The Morgan fingerprint density at radius 3 is 2.41 bits per heavy atom. The van der Waals surface area contributed by atoms with Crippen molar-refractivity contribution < 1.29 is 23.8 Å². The average molecular weight is 400 g/mol. The number of anilines is 1. The van der Waals surface area contributed by atoms with Gasteiger partial charge in [0.25, 0.3) is 0 Å². The number of benzene rings is 2. The summed E-state index contributed by atoms with van der Waals surface area (Å²) in [7, 11) is 3.19. The fourth-order valence-corrected chi connectivity index (χ4v) is 2.86. The van der Waals surface area contributed by atoms with Crippen molar-refractivity contribution in [3.8, 4) is 11.5 Å². The quantitative estimate of drug-likeness (QED) is 0.617. The molecular weight excluding hydrogens is 372 g/mol. The van der Waals surface area contributed by atoms with Crippen LogP contribution in [0.5, 0.6) is 11.5 Å². The van der Waals surface area contributed by atoms with E-state index in [1.165, 1.54) is 7.11 Å². The third-order valence-electron chi connectivity index (χ3n) is 4.04. The van der Waals surface area contributed by atoms with Crippen molar-refractivity contribution in [1.29, 1.82) is 0 Å². The molecule has 0 atom stereocenters. The van der Waals surface area contributed by atoms with E-state index in [2.05, 4.69) is 5.32 Å². The first-order valence-corrected chi connectivity index (χ1v) is 9.52. The van der Waals surface area contributed by atoms with E-state index in [1.807, 2.05) is 31.9 Å². The highest BCUT2D eigenvalue weighted by Gasteiger charge is 2.12. The Labute approximate surface area is 171 Å². The van der Waals surface area contributed by atoms with Crippen LogP contribution in [0.25, 0.3) is 0 Å². The zero-order valence-electron chi connectivity index (χ0n) is 17.4. The van der Waals surface area contributed by atoms with Crippen LogP contribution in [-0.2, 0) is 16.1 Å². The Kier molecular flexibility index (Phi) is 8.48. The van der Waals surface area contributed by atoms with Gasteiger partial charge in [0.05, 0.1) is 32.4 Å². The van der Waals surface area contributed by atoms with Gasteiger partial charge in [0.1, 0.15) is 0 Å². The highest BCUT2D eigenvalue weighted by Crippen LogP contribution is 2.30. The fourth-order valence-electron chi connectivity index (χ4n) is 2.86. The average Bonchev–Trinajstić information content (AvgIpc) is 2.69. The molecule has 0 aromatic heterocycles. The first-order valence-electron chi connectivity index (χ1n) is 9.52. The van der Waals surface area contributed by atoms with Gasteiger partial charge in [-0.2, -0.15) is 0 Å². The number of carbonyl (C=O) groups excluding carboxylic acids is 2. The molecule has 0 fully saturated rings. The number of nitrogens with zero attached hydrogens (tertiary/aromatic N) is 1. The molecule has 0 heterocycles. The van der Waals surface area contributed by atoms with Crippen LogP contribution in [0.4, 0.5) is 5.69 Å². The molecule has 1 N–H and O–H groups in total. The maximum absolute atomic E-state index is 12.4. The summed E-state index contributed by atoms with van der Waals surface area (Å²) in [6.07, 6.45) is 0. The standard InChI is InChI=1S/C22H28N2O5/c1-5-28-19-11-10-18(13-20(19)29-6-2)23-21(25)15-24(3)14-16-8-7-9-17(12-16)22(26)27-4/h7-13H,5-6,14-15H2,1-4H3,(H,23,25). The zero-order chi connectivity index (χ0) is 21.2. The second kappa shape index (κ2) is 11.1. The second-order valence-electron chi connectivity index (χ2n) is 6.44. The summed E-state index contributed by atoms with van der Waals surface area (Å²) in [4.78, 5) is 25.9. The lowest BCUT2D eigenvalue weighted by molar-refractivity contribution is -0.117. The third kappa shape index (κ3) is 6.80. The van der Waals surface area contributed by atoms with Crippen LogP contribution in [0.1, 0.15) is 29.8 Å². The molecule has 29 heavy (non-hydrogen) atoms. The monoisotopic (exact) mass is 400 g/mol. The van der Waals surface area contributed by atoms with E-state index in [9.17, 15) is 9.59 Å². The van der Waals surface area contributed by atoms with Gasteiger partial charge in [-0.15, -0.1) is 0 Å². The number of ether oxygens (including phenoxy) is 3. The van der Waals surface area contributed by atoms with Gasteiger partial charge >= 0.3 is 5.97 Å². The maximum atomic E-state index is 12.4. The number of carbonyl (C=O) groups is 2. The molecule has 0 unspecified atom stereocenters. The van der Waals surface area contributed by atoms with Crippen molar-refractivity contribution in [2.24, 2.45) is 0 Å². The van der Waals surface area contributed by atoms with E-state index in [1.54, 1.807) is 36.4 Å². The van der Waals surface area contributed by atoms with Gasteiger partial charge in [-0.3, -0.25) is 9.69 Å². The van der Waals surface area contributed by atoms with E-state index in [-0.39, 0.29) is 18.4 Å². The van der Waals surface area contributed by atoms with Gasteiger partial charge in [-0.25, -0.2) is 4.79 Å². The van der Waals surface area contributed by atoms with Crippen LogP contribution in [0.2, 0.25) is 0 Å². The minimum absolute atomic E-state index is 0.150. The lowest BCUT2D eigenvalue weighted by atomic mass is 10.1. The number of nitrogens with one attached hydrogen (secondary N) is 1. The molecule has 156 valence electrons. The van der Waals surface area contributed by atoms with Crippen molar-refractivity contribution >= 4 is 17.6 Å². The maximum Gasteiger partial charge on any atom is 0.337 e. The molecule has 7 nitrogen and oxygen atoms in total. The SMILES string of the molecule is CCOc1ccc(NC(=O)CN(C)Cc2cccc(C(=O)OC)c2)cc1OCC. The molecule has 0 aliphatic carbocycles. The number of methoxy groups -OCH3 is 1. The molecule has 0 aliphatic heterocycles. The Morgan fingerprint density at radius 1 is 1.00 bits per heavy atom. The number of rotatable bonds is 10. The molecule has 0 radical (unpaired) electrons. The summed E-state index contributed by atoms with van der Waals surface area (Å²) in [6.45, 7) is 5.55. The van der Waals surface area contributed by atoms with Crippen LogP contribution in [0.3, 0.4) is 0 Å². The minimum Gasteiger partial charge on any atom is -0.490 e. The Bertz CT molecular complexity index is 838. The first kappa shape index (κ1) is 22.2. The summed E-state index contributed by atoms with van der Waals surface area (Å²) in [6, 6.07) is 12.5. The molecule has 0 saturated heterocycles. The predicted molar refractivity (Wildman–Crippen MR) is 112 cm³/mol. The summed E-state index contributed by atoms with van der Waals surface area (Å²) < 4.78 is 15.9. The van der Waals surface area contributed by atoms with Crippen LogP contribution in [0.15, 0.2) is 42.5 Å². The number of amides is 1. The zero-order valence-corrected chi connectivity index (χ0v) is 17.4. The first-order chi connectivity index (χ1) is 14.0. The topological polar surface area (TPSA) is 77.1 Å². The molecule has 0 bridgehead atoms. The molecule has 2 aromatic rings. The summed E-state index contributed by atoms with van der Waals surface area (Å²) in [5.74, 6) is 0.714. The van der Waals surface area contributed by atoms with E-state index < -0.39 is 0 Å². The van der Waals surface area contributed by atoms with Crippen molar-refractivity contribution in [1.82, 2.24) is 4.90 Å². The van der Waals surface area contributed by atoms with Gasteiger partial charge in [0, 0.05) is 18.3 Å². The Balaban J connectivity index is 1.96. The number of hydrogen-bond donors (Lipinski definition) is 1. The van der Waals surface area contributed by atoms with Crippen LogP contribution >= 0.6 is 0 Å². The molecule has 2 rings (SSSR count). The summed E-state index contributed by atoms with van der Waals surface area (Å²) >= 11 is 0. The molecule has 2 aromatic carbocycles. The molecule has 0 saturated carbocycles. The van der Waals surface area contributed by atoms with Gasteiger partial charge in [-0.1, -0.05) is 12.1 Å². The van der Waals surface area contributed by atoms with E-state index in [4.69, 9.17) is 14.2 Å². The van der Waals surface area contributed by atoms with E-state index in [0.717, 1.165) is 5.56 Å².